The molecule has 58 heavy (non-hydrogen) atoms. The number of carbonyl (C=O) groups is 3. The molecule has 2 aromatic heterocycles. The first-order chi connectivity index (χ1) is 28.0. The second kappa shape index (κ2) is 15.3. The van der Waals surface area contributed by atoms with E-state index >= 15 is 0 Å². The van der Waals surface area contributed by atoms with Gasteiger partial charge in [-0.25, -0.2) is 14.8 Å². The Kier molecular flexibility index (Phi) is 10.2. The van der Waals surface area contributed by atoms with Crippen LogP contribution in [0, 0.1) is 23.7 Å². The molecule has 3 amide bonds. The second-order valence-corrected chi connectivity index (χ2v) is 17.9. The molecule has 12 heteroatoms. The fourth-order valence-electron chi connectivity index (χ4n) is 11.1. The van der Waals surface area contributed by atoms with Crippen molar-refractivity contribution in [2.75, 3.05) is 14.2 Å². The SMILES string of the molecule is COC(=O)N[C@H](C(=O)N1[C@H](c2ncc(-c3ccc4c(c3)Cc3cc(-c5cnc([C@@H]6C[C@H]7CCC[C@H]7N6C(=O)[C@H](C)[C@H](C)OC)[nH]5)ccc3-4)[nH]2)C[C@@H]2CCC[C@@H]21)C(C)C. The van der Waals surface area contributed by atoms with E-state index < -0.39 is 12.1 Å². The third-order valence-corrected chi connectivity index (χ3v) is 14.4. The Morgan fingerprint density at radius 1 is 0.741 bits per heavy atom. The van der Waals surface area contributed by atoms with Gasteiger partial charge in [-0.05, 0) is 115 Å². The summed E-state index contributed by atoms with van der Waals surface area (Å²) in [5.41, 5.74) is 9.04. The van der Waals surface area contributed by atoms with Crippen LogP contribution in [0.2, 0.25) is 0 Å². The van der Waals surface area contributed by atoms with E-state index in [2.05, 4.69) is 56.6 Å². The lowest BCUT2D eigenvalue weighted by Crippen LogP contribution is -2.53. The number of alkyl carbamates (subject to hydrolysis) is 1. The smallest absolute Gasteiger partial charge is 0.407 e. The van der Waals surface area contributed by atoms with Crippen LogP contribution >= 0.6 is 0 Å². The lowest BCUT2D eigenvalue weighted by molar-refractivity contribution is -0.142. The van der Waals surface area contributed by atoms with Gasteiger partial charge in [-0.15, -0.1) is 0 Å². The molecule has 4 aromatic rings. The maximum Gasteiger partial charge on any atom is 0.407 e. The van der Waals surface area contributed by atoms with Crippen molar-refractivity contribution in [3.8, 4) is 33.6 Å². The number of methoxy groups -OCH3 is 2. The average molecular weight is 788 g/mol. The van der Waals surface area contributed by atoms with Crippen LogP contribution in [0.1, 0.15) is 114 Å². The van der Waals surface area contributed by atoms with Crippen molar-refractivity contribution in [1.82, 2.24) is 35.1 Å². The number of likely N-dealkylation sites (tertiary alicyclic amines) is 2. The molecule has 5 aliphatic rings. The molecule has 2 aliphatic heterocycles. The van der Waals surface area contributed by atoms with Gasteiger partial charge in [0, 0.05) is 19.2 Å². The van der Waals surface area contributed by atoms with Gasteiger partial charge in [-0.1, -0.05) is 57.9 Å². The summed E-state index contributed by atoms with van der Waals surface area (Å²) >= 11 is 0. The Morgan fingerprint density at radius 2 is 1.26 bits per heavy atom. The van der Waals surface area contributed by atoms with Gasteiger partial charge < -0.3 is 34.6 Å². The van der Waals surface area contributed by atoms with Gasteiger partial charge in [0.15, 0.2) is 0 Å². The van der Waals surface area contributed by atoms with Crippen molar-refractivity contribution in [3.63, 3.8) is 0 Å². The Labute approximate surface area is 340 Å². The summed E-state index contributed by atoms with van der Waals surface area (Å²) in [5.74, 6) is 2.38. The maximum absolute atomic E-state index is 14.2. The molecule has 4 fully saturated rings. The first-order valence-corrected chi connectivity index (χ1v) is 21.4. The monoisotopic (exact) mass is 787 g/mol. The summed E-state index contributed by atoms with van der Waals surface area (Å²) in [7, 11) is 3.00. The highest BCUT2D eigenvalue weighted by atomic mass is 16.5. The fourth-order valence-corrected chi connectivity index (χ4v) is 11.1. The Hall–Kier alpha value is -4.97. The topological polar surface area (TPSA) is 146 Å². The van der Waals surface area contributed by atoms with Crippen molar-refractivity contribution in [3.05, 3.63) is 71.6 Å². The molecule has 12 nitrogen and oxygen atoms in total. The third kappa shape index (κ3) is 6.61. The number of benzene rings is 2. The maximum atomic E-state index is 14.2. The standard InChI is InChI=1S/C46H57N7O5/c1-24(2)41(51-46(56)58-6)45(55)53-38-12-8-10-30(38)21-40(53)43-48-23-36(50-43)28-14-16-34-32(18-28)19-31-17-27(13-15-33(31)34)35-22-47-42(49-35)39-20-29-9-7-11-37(29)52(39)44(54)25(3)26(4)57-5/h13-18,22-26,29-30,37-41H,7-12,19-21H2,1-6H3,(H,47,49)(H,48,50)(H,51,56)/t25-,26+,29-,30+,37-,38+,39+,40+,41+/m1/s1. The third-order valence-electron chi connectivity index (χ3n) is 14.4. The molecular formula is C46H57N7O5. The molecule has 2 saturated heterocycles. The summed E-state index contributed by atoms with van der Waals surface area (Å²) in [6.45, 7) is 7.86. The fraction of sp³-hybridized carbons (Fsp3) is 0.543. The molecule has 0 spiro atoms. The van der Waals surface area contributed by atoms with Crippen LogP contribution in [0.3, 0.4) is 0 Å². The molecule has 0 bridgehead atoms. The summed E-state index contributed by atoms with van der Waals surface area (Å²) in [6, 6.07) is 12.8. The number of nitrogens with zero attached hydrogens (tertiary/aromatic N) is 4. The van der Waals surface area contributed by atoms with Crippen LogP contribution in [0.15, 0.2) is 48.8 Å². The van der Waals surface area contributed by atoms with Crippen LogP contribution < -0.4 is 5.32 Å². The normalized spacial score (nSPS) is 26.0. The highest BCUT2D eigenvalue weighted by molar-refractivity contribution is 5.87. The van der Waals surface area contributed by atoms with Crippen LogP contribution in [0.25, 0.3) is 33.6 Å². The van der Waals surface area contributed by atoms with Gasteiger partial charge in [-0.3, -0.25) is 9.59 Å². The molecule has 3 aliphatic carbocycles. The summed E-state index contributed by atoms with van der Waals surface area (Å²) < 4.78 is 10.4. The molecule has 2 saturated carbocycles. The summed E-state index contributed by atoms with van der Waals surface area (Å²) in [5, 5.41) is 2.80. The summed E-state index contributed by atoms with van der Waals surface area (Å²) in [6.07, 6.45) is 12.3. The van der Waals surface area contributed by atoms with Crippen molar-refractivity contribution >= 4 is 17.9 Å². The Morgan fingerprint density at radius 3 is 1.74 bits per heavy atom. The molecular weight excluding hydrogens is 731 g/mol. The predicted octanol–water partition coefficient (Wildman–Crippen LogP) is 7.97. The van der Waals surface area contributed by atoms with Gasteiger partial charge in [0.2, 0.25) is 11.8 Å². The zero-order chi connectivity index (χ0) is 40.4. The Balaban J connectivity index is 0.925. The van der Waals surface area contributed by atoms with Gasteiger partial charge in [-0.2, -0.15) is 0 Å². The van der Waals surface area contributed by atoms with E-state index in [9.17, 15) is 14.4 Å². The van der Waals surface area contributed by atoms with Crippen LogP contribution in [-0.2, 0) is 25.5 Å². The van der Waals surface area contributed by atoms with Gasteiger partial charge in [0.25, 0.3) is 0 Å². The minimum atomic E-state index is -0.676. The molecule has 9 atom stereocenters. The number of aromatic amines is 2. The minimum absolute atomic E-state index is 0.0550. The quantitative estimate of drug-likeness (QED) is 0.130. The average Bonchev–Trinajstić information content (AvgIpc) is 4.08. The van der Waals surface area contributed by atoms with Crippen LogP contribution in [0.4, 0.5) is 4.79 Å². The molecule has 9 rings (SSSR count). The lowest BCUT2D eigenvalue weighted by Gasteiger charge is -2.33. The van der Waals surface area contributed by atoms with Gasteiger partial charge >= 0.3 is 6.09 Å². The van der Waals surface area contributed by atoms with Crippen molar-refractivity contribution < 1.29 is 23.9 Å². The van der Waals surface area contributed by atoms with E-state index in [0.717, 1.165) is 79.1 Å². The molecule has 0 unspecified atom stereocenters. The van der Waals surface area contributed by atoms with E-state index in [-0.39, 0.29) is 53.9 Å². The first kappa shape index (κ1) is 38.5. The highest BCUT2D eigenvalue weighted by Crippen LogP contribution is 2.49. The zero-order valence-corrected chi connectivity index (χ0v) is 34.6. The number of aromatic nitrogens is 4. The largest absolute Gasteiger partial charge is 0.453 e. The van der Waals surface area contributed by atoms with E-state index in [4.69, 9.17) is 19.4 Å². The van der Waals surface area contributed by atoms with Crippen LogP contribution in [-0.4, -0.2) is 86.1 Å². The number of nitrogens with one attached hydrogen (secondary N) is 3. The number of hydrogen-bond donors (Lipinski definition) is 3. The number of H-pyrrole nitrogens is 2. The minimum Gasteiger partial charge on any atom is -0.453 e. The number of carbonyl (C=O) groups excluding carboxylic acids is 3. The molecule has 0 radical (unpaired) electrons. The Bertz CT molecular complexity index is 2210. The summed E-state index contributed by atoms with van der Waals surface area (Å²) in [4.78, 5) is 61.5. The molecule has 306 valence electrons. The number of hydrogen-bond acceptors (Lipinski definition) is 7. The van der Waals surface area contributed by atoms with Crippen molar-refractivity contribution in [2.24, 2.45) is 23.7 Å². The predicted molar refractivity (Wildman–Crippen MR) is 220 cm³/mol. The number of amides is 3. The number of ether oxygens (including phenoxy) is 2. The number of fused-ring (bicyclic) bond motifs is 5. The van der Waals surface area contributed by atoms with E-state index in [0.29, 0.717) is 11.8 Å². The van der Waals surface area contributed by atoms with Crippen molar-refractivity contribution in [2.45, 2.75) is 122 Å². The number of imidazole rings is 2. The van der Waals surface area contributed by atoms with Crippen molar-refractivity contribution in [1.29, 1.82) is 0 Å². The van der Waals surface area contributed by atoms with Crippen LogP contribution in [0.5, 0.6) is 0 Å². The van der Waals surface area contributed by atoms with Gasteiger partial charge in [0.05, 0.1) is 55.0 Å². The van der Waals surface area contributed by atoms with Gasteiger partial charge in [0.1, 0.15) is 17.7 Å². The van der Waals surface area contributed by atoms with E-state index in [1.165, 1.54) is 42.2 Å². The number of rotatable bonds is 10. The lowest BCUT2D eigenvalue weighted by atomic mass is 10.0. The second-order valence-electron chi connectivity index (χ2n) is 17.9. The van der Waals surface area contributed by atoms with E-state index in [1.807, 2.05) is 45.0 Å². The van der Waals surface area contributed by atoms with E-state index in [1.54, 1.807) is 7.11 Å². The highest BCUT2D eigenvalue weighted by Gasteiger charge is 2.50. The zero-order valence-electron chi connectivity index (χ0n) is 34.6. The molecule has 3 N–H and O–H groups in total. The molecule has 2 aromatic carbocycles. The molecule has 4 heterocycles. The first-order valence-electron chi connectivity index (χ1n) is 21.4.